The first-order chi connectivity index (χ1) is 27.2. The zero-order valence-electron chi connectivity index (χ0n) is 33.2. The second-order valence-electron chi connectivity index (χ2n) is 15.2. The smallest absolute Gasteiger partial charge is 0.308 e. The van der Waals surface area contributed by atoms with Crippen LogP contribution in [0, 0.1) is 31.1 Å². The van der Waals surface area contributed by atoms with Gasteiger partial charge in [-0.1, -0.05) is 48.4 Å². The number of carbonyl (C=O) groups is 1. The van der Waals surface area contributed by atoms with Crippen molar-refractivity contribution >= 4 is 17.6 Å². The van der Waals surface area contributed by atoms with Crippen LogP contribution in [-0.4, -0.2) is 54.7 Å². The van der Waals surface area contributed by atoms with Gasteiger partial charge in [-0.2, -0.15) is 5.26 Å². The zero-order chi connectivity index (χ0) is 39.4. The lowest BCUT2D eigenvalue weighted by atomic mass is 9.86. The molecule has 0 spiro atoms. The number of likely N-dealkylation sites (tertiary alicyclic amines) is 1. The Hall–Kier alpha value is -4.62. The van der Waals surface area contributed by atoms with Gasteiger partial charge in [-0.25, -0.2) is 0 Å². The van der Waals surface area contributed by atoms with E-state index in [-0.39, 0.29) is 18.5 Å². The van der Waals surface area contributed by atoms with Crippen LogP contribution in [0.25, 0.3) is 11.1 Å². The average molecular weight is 779 g/mol. The largest absolute Gasteiger partial charge is 0.493 e. The summed E-state index contributed by atoms with van der Waals surface area (Å²) in [6.07, 6.45) is 11.5. The van der Waals surface area contributed by atoms with Crippen LogP contribution in [0.4, 0.5) is 0 Å². The summed E-state index contributed by atoms with van der Waals surface area (Å²) in [5.74, 6) is 2.11. The van der Waals surface area contributed by atoms with E-state index in [2.05, 4.69) is 72.4 Å². The van der Waals surface area contributed by atoms with Crippen molar-refractivity contribution in [3.05, 3.63) is 105 Å². The molecule has 6 rings (SSSR count). The van der Waals surface area contributed by atoms with E-state index in [0.29, 0.717) is 47.4 Å². The third-order valence-electron chi connectivity index (χ3n) is 11.4. The Morgan fingerprint density at radius 1 is 0.893 bits per heavy atom. The highest BCUT2D eigenvalue weighted by Crippen LogP contribution is 2.37. The van der Waals surface area contributed by atoms with E-state index in [0.717, 1.165) is 96.4 Å². The number of carbonyl (C=O) groups excluding carboxylic acids is 1. The normalized spacial score (nSPS) is 18.5. The molecule has 1 saturated heterocycles. The molecule has 296 valence electrons. The van der Waals surface area contributed by atoms with E-state index >= 15 is 0 Å². The van der Waals surface area contributed by atoms with Crippen LogP contribution in [0.1, 0.15) is 91.7 Å². The fourth-order valence-corrected chi connectivity index (χ4v) is 8.20. The maximum absolute atomic E-state index is 11.8. The molecule has 3 aromatic carbocycles. The Morgan fingerprint density at radius 2 is 1.66 bits per heavy atom. The first-order valence-corrected chi connectivity index (χ1v) is 20.4. The highest BCUT2D eigenvalue weighted by atomic mass is 35.5. The van der Waals surface area contributed by atoms with E-state index < -0.39 is 0 Å². The highest BCUT2D eigenvalue weighted by molar-refractivity contribution is 6.32. The number of nitriles is 1. The summed E-state index contributed by atoms with van der Waals surface area (Å²) in [6.45, 7) is 10.4. The molecule has 2 aliphatic rings. The maximum atomic E-state index is 11.8. The van der Waals surface area contributed by atoms with Crippen molar-refractivity contribution in [3.63, 3.8) is 0 Å². The topological polar surface area (TPSA) is 106 Å². The summed E-state index contributed by atoms with van der Waals surface area (Å²) >= 11 is 6.93. The van der Waals surface area contributed by atoms with Gasteiger partial charge in [-0.3, -0.25) is 14.7 Å². The predicted octanol–water partition coefficient (Wildman–Crippen LogP) is 9.51. The number of halogens is 1. The van der Waals surface area contributed by atoms with Crippen LogP contribution in [0.5, 0.6) is 17.2 Å². The number of rotatable bonds is 16. The Labute approximate surface area is 337 Å². The molecule has 1 atom stereocenters. The van der Waals surface area contributed by atoms with Crippen LogP contribution < -0.4 is 19.5 Å². The second kappa shape index (κ2) is 20.0. The van der Waals surface area contributed by atoms with Crippen LogP contribution in [0.3, 0.4) is 0 Å². The molecule has 1 N–H and O–H groups in total. The van der Waals surface area contributed by atoms with Gasteiger partial charge in [0.2, 0.25) is 0 Å². The van der Waals surface area contributed by atoms with Crippen molar-refractivity contribution in [1.82, 2.24) is 15.2 Å². The van der Waals surface area contributed by atoms with Crippen LogP contribution in [0.15, 0.2) is 67.0 Å². The number of aromatic nitrogens is 1. The fraction of sp³-hybridized carbons (Fsp3) is 0.457. The lowest BCUT2D eigenvalue weighted by Gasteiger charge is -2.33. The number of nitrogens with zero attached hydrogens (tertiary/aromatic N) is 3. The minimum Gasteiger partial charge on any atom is -0.493 e. The molecule has 0 radical (unpaired) electrons. The van der Waals surface area contributed by atoms with Gasteiger partial charge in [0, 0.05) is 48.2 Å². The van der Waals surface area contributed by atoms with Gasteiger partial charge < -0.3 is 24.3 Å². The Morgan fingerprint density at radius 3 is 2.43 bits per heavy atom. The third kappa shape index (κ3) is 10.6. The summed E-state index contributed by atoms with van der Waals surface area (Å²) in [5.41, 5.74) is 7.87. The maximum Gasteiger partial charge on any atom is 0.308 e. The van der Waals surface area contributed by atoms with Gasteiger partial charge in [-0.05, 0) is 125 Å². The molecular weight excluding hydrogens is 724 g/mol. The molecule has 4 aromatic rings. The molecule has 1 aliphatic carbocycles. The van der Waals surface area contributed by atoms with E-state index in [1.807, 2.05) is 18.2 Å². The molecule has 10 heteroatoms. The van der Waals surface area contributed by atoms with Gasteiger partial charge in [0.1, 0.15) is 36.5 Å². The van der Waals surface area contributed by atoms with Crippen LogP contribution >= 0.6 is 11.6 Å². The van der Waals surface area contributed by atoms with Crippen molar-refractivity contribution in [3.8, 4) is 34.4 Å². The van der Waals surface area contributed by atoms with E-state index in [4.69, 9.17) is 30.5 Å². The molecule has 0 bridgehead atoms. The average Bonchev–Trinajstić information content (AvgIpc) is 3.22. The van der Waals surface area contributed by atoms with Crippen molar-refractivity contribution < 1.29 is 23.7 Å². The van der Waals surface area contributed by atoms with Crippen LogP contribution in [0.2, 0.25) is 5.02 Å². The molecule has 1 saturated carbocycles. The van der Waals surface area contributed by atoms with Gasteiger partial charge >= 0.3 is 5.97 Å². The van der Waals surface area contributed by atoms with Gasteiger partial charge in [-0.15, -0.1) is 0 Å². The van der Waals surface area contributed by atoms with Gasteiger partial charge in [0.05, 0.1) is 30.2 Å². The number of methoxy groups -OCH3 is 1. The standard InChI is InChI=1S/C46H55ClN4O5/c1-31-10-5-6-20-51(31)28-38-23-42(47)45(24-44(38)55-29-35-22-34(25-48)26-49-27-35)56-30-37-11-7-12-40(32(37)2)41-13-8-14-43(33(41)3)54-21-9-19-50-39-17-15-36(16-18-39)46(52)53-4/h7-8,11-14,22-24,26-27,31,36,39,50H,5-6,9-10,15-21,28-30H2,1-4H3/t31-,36?,39?/m1/s1. The molecule has 56 heavy (non-hydrogen) atoms. The fourth-order valence-electron chi connectivity index (χ4n) is 7.95. The Balaban J connectivity index is 1.10. The molecule has 1 aliphatic heterocycles. The van der Waals surface area contributed by atoms with Crippen molar-refractivity contribution in [2.45, 2.75) is 104 Å². The van der Waals surface area contributed by atoms with Crippen molar-refractivity contribution in [2.75, 3.05) is 26.8 Å². The number of pyridine rings is 1. The highest BCUT2D eigenvalue weighted by Gasteiger charge is 2.26. The SMILES string of the molecule is COC(=O)C1CCC(NCCCOc2cccc(-c3cccc(COc4cc(OCc5cncc(C#N)c5)c(CN5CCCC[C@H]5C)cc4Cl)c3C)c2C)CC1. The molecule has 2 fully saturated rings. The first-order valence-electron chi connectivity index (χ1n) is 20.0. The number of piperidine rings is 1. The summed E-state index contributed by atoms with van der Waals surface area (Å²) in [6, 6.07) is 21.3. The minimum atomic E-state index is -0.0792. The first kappa shape index (κ1) is 41.0. The predicted molar refractivity (Wildman–Crippen MR) is 220 cm³/mol. The molecule has 2 heterocycles. The number of ether oxygens (including phenoxy) is 4. The monoisotopic (exact) mass is 778 g/mol. The second-order valence-corrected chi connectivity index (χ2v) is 15.6. The van der Waals surface area contributed by atoms with Crippen LogP contribution in [-0.2, 0) is 29.3 Å². The lowest BCUT2D eigenvalue weighted by Crippen LogP contribution is -2.36. The zero-order valence-corrected chi connectivity index (χ0v) is 34.0. The number of esters is 1. The lowest BCUT2D eigenvalue weighted by molar-refractivity contribution is -0.146. The quantitative estimate of drug-likeness (QED) is 0.0880. The number of hydrogen-bond donors (Lipinski definition) is 1. The van der Waals surface area contributed by atoms with E-state index in [1.165, 1.54) is 26.4 Å². The Kier molecular flexibility index (Phi) is 14.6. The summed E-state index contributed by atoms with van der Waals surface area (Å²) in [5, 5.41) is 13.6. The Bertz CT molecular complexity index is 1990. The van der Waals surface area contributed by atoms with E-state index in [9.17, 15) is 10.1 Å². The number of nitrogens with one attached hydrogen (secondary N) is 1. The summed E-state index contributed by atoms with van der Waals surface area (Å²) in [7, 11) is 1.47. The molecule has 1 aromatic heterocycles. The summed E-state index contributed by atoms with van der Waals surface area (Å²) in [4.78, 5) is 18.5. The van der Waals surface area contributed by atoms with Crippen molar-refractivity contribution in [1.29, 1.82) is 5.26 Å². The van der Waals surface area contributed by atoms with Gasteiger partial charge in [0.25, 0.3) is 0 Å². The number of hydrogen-bond acceptors (Lipinski definition) is 9. The van der Waals surface area contributed by atoms with E-state index in [1.54, 1.807) is 18.5 Å². The minimum absolute atomic E-state index is 0.0429. The number of benzene rings is 3. The molecule has 0 amide bonds. The van der Waals surface area contributed by atoms with Crippen molar-refractivity contribution in [2.24, 2.45) is 5.92 Å². The molecule has 0 unspecified atom stereocenters. The summed E-state index contributed by atoms with van der Waals surface area (Å²) < 4.78 is 24.1. The van der Waals surface area contributed by atoms with Gasteiger partial charge in [0.15, 0.2) is 0 Å². The third-order valence-corrected chi connectivity index (χ3v) is 11.7. The molecular formula is C46H55ClN4O5. The molecule has 9 nitrogen and oxygen atoms in total.